The topological polar surface area (TPSA) is 27.3 Å². The number of para-hydroxylation sites is 1. The van der Waals surface area contributed by atoms with E-state index < -0.39 is 0 Å². The number of ether oxygens (including phenoxy) is 1. The van der Waals surface area contributed by atoms with Crippen molar-refractivity contribution >= 4 is 10.9 Å². The maximum Gasteiger partial charge on any atom is 0.284 e. The van der Waals surface area contributed by atoms with E-state index in [9.17, 15) is 0 Å². The highest BCUT2D eigenvalue weighted by atomic mass is 16.6. The van der Waals surface area contributed by atoms with Gasteiger partial charge in [0.2, 0.25) is 0 Å². The number of aromatic nitrogens is 1. The van der Waals surface area contributed by atoms with Crippen molar-refractivity contribution in [2.75, 3.05) is 7.11 Å². The summed E-state index contributed by atoms with van der Waals surface area (Å²) in [6.45, 7) is 0. The Morgan fingerprint density at radius 1 is 0.917 bits per heavy atom. The van der Waals surface area contributed by atoms with Gasteiger partial charge in [0, 0.05) is 30.2 Å². The molecule has 24 heavy (non-hydrogen) atoms. The van der Waals surface area contributed by atoms with Crippen LogP contribution >= 0.6 is 0 Å². The SMILES string of the molecule is COc1ccc(C(c2ccccc2)c2cn(C)c3ccccc23)o1. The van der Waals surface area contributed by atoms with Gasteiger partial charge in [-0.1, -0.05) is 48.5 Å². The van der Waals surface area contributed by atoms with Crippen LogP contribution in [0.25, 0.3) is 10.9 Å². The number of hydrogen-bond donors (Lipinski definition) is 0. The summed E-state index contributed by atoms with van der Waals surface area (Å²) in [5.41, 5.74) is 3.65. The molecule has 0 bridgehead atoms. The molecule has 3 heteroatoms. The second-order valence-electron chi connectivity index (χ2n) is 5.92. The summed E-state index contributed by atoms with van der Waals surface area (Å²) in [6.07, 6.45) is 2.19. The first kappa shape index (κ1) is 14.6. The van der Waals surface area contributed by atoms with Gasteiger partial charge in [0.15, 0.2) is 0 Å². The number of nitrogens with zero attached hydrogens (tertiary/aromatic N) is 1. The van der Waals surface area contributed by atoms with Crippen LogP contribution in [0.3, 0.4) is 0 Å². The molecular weight excluding hydrogens is 298 g/mol. The first-order chi connectivity index (χ1) is 11.8. The van der Waals surface area contributed by atoms with Gasteiger partial charge in [-0.05, 0) is 23.3 Å². The van der Waals surface area contributed by atoms with E-state index in [1.807, 2.05) is 18.2 Å². The van der Waals surface area contributed by atoms with Gasteiger partial charge in [-0.25, -0.2) is 0 Å². The zero-order valence-electron chi connectivity index (χ0n) is 13.8. The highest BCUT2D eigenvalue weighted by Crippen LogP contribution is 2.38. The van der Waals surface area contributed by atoms with E-state index in [-0.39, 0.29) is 5.92 Å². The fraction of sp³-hybridized carbons (Fsp3) is 0.143. The van der Waals surface area contributed by atoms with Crippen LogP contribution < -0.4 is 4.74 Å². The van der Waals surface area contributed by atoms with Crippen LogP contribution in [0.5, 0.6) is 5.95 Å². The molecule has 0 saturated heterocycles. The monoisotopic (exact) mass is 317 g/mol. The van der Waals surface area contributed by atoms with E-state index in [1.54, 1.807) is 7.11 Å². The van der Waals surface area contributed by atoms with Gasteiger partial charge in [-0.2, -0.15) is 0 Å². The van der Waals surface area contributed by atoms with Gasteiger partial charge < -0.3 is 13.7 Å². The second-order valence-corrected chi connectivity index (χ2v) is 5.92. The van der Waals surface area contributed by atoms with Crippen molar-refractivity contribution < 1.29 is 9.15 Å². The average molecular weight is 317 g/mol. The number of fused-ring (bicyclic) bond motifs is 1. The molecule has 0 N–H and O–H groups in total. The molecule has 0 saturated carbocycles. The molecule has 0 spiro atoms. The maximum atomic E-state index is 5.93. The van der Waals surface area contributed by atoms with Crippen molar-refractivity contribution in [3.8, 4) is 5.95 Å². The van der Waals surface area contributed by atoms with Crippen LogP contribution in [0.2, 0.25) is 0 Å². The van der Waals surface area contributed by atoms with Gasteiger partial charge in [0.05, 0.1) is 13.0 Å². The third-order valence-electron chi connectivity index (χ3n) is 4.46. The molecule has 4 rings (SSSR count). The van der Waals surface area contributed by atoms with Crippen molar-refractivity contribution in [1.82, 2.24) is 4.57 Å². The summed E-state index contributed by atoms with van der Waals surface area (Å²) >= 11 is 0. The normalized spacial score (nSPS) is 12.4. The molecule has 4 aromatic rings. The van der Waals surface area contributed by atoms with E-state index in [2.05, 4.69) is 66.3 Å². The smallest absolute Gasteiger partial charge is 0.284 e. The lowest BCUT2D eigenvalue weighted by atomic mass is 9.89. The summed E-state index contributed by atoms with van der Waals surface area (Å²) in [5, 5.41) is 1.24. The molecule has 2 heterocycles. The average Bonchev–Trinajstić information content (AvgIpc) is 3.22. The van der Waals surface area contributed by atoms with Crippen LogP contribution in [-0.4, -0.2) is 11.7 Å². The fourth-order valence-electron chi connectivity index (χ4n) is 3.34. The van der Waals surface area contributed by atoms with Gasteiger partial charge in [0.1, 0.15) is 5.76 Å². The summed E-state index contributed by atoms with van der Waals surface area (Å²) < 4.78 is 13.3. The number of aryl methyl sites for hydroxylation is 1. The van der Waals surface area contributed by atoms with Crippen LogP contribution in [0.1, 0.15) is 22.8 Å². The Morgan fingerprint density at radius 3 is 2.42 bits per heavy atom. The molecule has 3 nitrogen and oxygen atoms in total. The number of rotatable bonds is 4. The molecule has 0 radical (unpaired) electrons. The quantitative estimate of drug-likeness (QED) is 0.532. The Bertz CT molecular complexity index is 966. The molecule has 2 aromatic carbocycles. The zero-order chi connectivity index (χ0) is 16.5. The lowest BCUT2D eigenvalue weighted by Gasteiger charge is -2.15. The molecule has 0 aliphatic heterocycles. The minimum absolute atomic E-state index is 0.0289. The minimum atomic E-state index is 0.0289. The summed E-state index contributed by atoms with van der Waals surface area (Å²) in [5.74, 6) is 1.45. The highest BCUT2D eigenvalue weighted by molar-refractivity contribution is 5.85. The molecule has 120 valence electrons. The predicted molar refractivity (Wildman–Crippen MR) is 95.6 cm³/mol. The molecule has 2 aromatic heterocycles. The van der Waals surface area contributed by atoms with Gasteiger partial charge >= 0.3 is 0 Å². The summed E-state index contributed by atoms with van der Waals surface area (Å²) in [7, 11) is 3.70. The van der Waals surface area contributed by atoms with E-state index in [0.29, 0.717) is 5.95 Å². The largest absolute Gasteiger partial charge is 0.468 e. The molecule has 1 unspecified atom stereocenters. The molecule has 1 atom stereocenters. The van der Waals surface area contributed by atoms with Crippen molar-refractivity contribution in [1.29, 1.82) is 0 Å². The van der Waals surface area contributed by atoms with Crippen LogP contribution in [0.4, 0.5) is 0 Å². The second kappa shape index (κ2) is 5.93. The number of furan rings is 1. The third kappa shape index (κ3) is 2.38. The molecule has 0 aliphatic carbocycles. The molecular formula is C21H19NO2. The Morgan fingerprint density at radius 2 is 1.67 bits per heavy atom. The van der Waals surface area contributed by atoms with Gasteiger partial charge in [-0.15, -0.1) is 0 Å². The van der Waals surface area contributed by atoms with Crippen molar-refractivity contribution in [3.63, 3.8) is 0 Å². The molecule has 0 amide bonds. The van der Waals surface area contributed by atoms with Crippen LogP contribution in [0, 0.1) is 0 Å². The number of hydrogen-bond acceptors (Lipinski definition) is 2. The van der Waals surface area contributed by atoms with Crippen molar-refractivity contribution in [2.45, 2.75) is 5.92 Å². The first-order valence-corrected chi connectivity index (χ1v) is 8.00. The summed E-state index contributed by atoms with van der Waals surface area (Å²) in [6, 6.07) is 22.8. The van der Waals surface area contributed by atoms with E-state index in [0.717, 1.165) is 5.76 Å². The Labute approximate surface area is 141 Å². The summed E-state index contributed by atoms with van der Waals surface area (Å²) in [4.78, 5) is 0. The lowest BCUT2D eigenvalue weighted by molar-refractivity contribution is 0.293. The first-order valence-electron chi connectivity index (χ1n) is 8.00. The number of benzene rings is 2. The Hall–Kier alpha value is -2.94. The lowest BCUT2D eigenvalue weighted by Crippen LogP contribution is -2.01. The predicted octanol–water partition coefficient (Wildman–Crippen LogP) is 4.96. The van der Waals surface area contributed by atoms with Crippen molar-refractivity contribution in [3.05, 3.63) is 89.8 Å². The van der Waals surface area contributed by atoms with Gasteiger partial charge in [-0.3, -0.25) is 0 Å². The minimum Gasteiger partial charge on any atom is -0.468 e. The zero-order valence-corrected chi connectivity index (χ0v) is 13.8. The fourth-order valence-corrected chi connectivity index (χ4v) is 3.34. The Kier molecular flexibility index (Phi) is 3.62. The van der Waals surface area contributed by atoms with Crippen LogP contribution in [-0.2, 0) is 7.05 Å². The molecule has 0 aliphatic rings. The van der Waals surface area contributed by atoms with Gasteiger partial charge in [0.25, 0.3) is 5.95 Å². The van der Waals surface area contributed by atoms with Crippen LogP contribution in [0.15, 0.2) is 77.3 Å². The highest BCUT2D eigenvalue weighted by Gasteiger charge is 2.24. The van der Waals surface area contributed by atoms with Crippen molar-refractivity contribution in [2.24, 2.45) is 7.05 Å². The Balaban J connectivity index is 1.95. The third-order valence-corrected chi connectivity index (χ3v) is 4.46. The molecule has 0 fully saturated rings. The maximum absolute atomic E-state index is 5.93. The van der Waals surface area contributed by atoms with E-state index >= 15 is 0 Å². The van der Waals surface area contributed by atoms with E-state index in [1.165, 1.54) is 22.0 Å². The standard InChI is InChI=1S/C21H19NO2/c1-22-14-17(16-10-6-7-11-18(16)22)21(15-8-4-3-5-9-15)19-12-13-20(23-2)24-19/h3-14,21H,1-2H3. The van der Waals surface area contributed by atoms with E-state index in [4.69, 9.17) is 9.15 Å². The number of methoxy groups -OCH3 is 1.